The van der Waals surface area contributed by atoms with Crippen molar-refractivity contribution in [2.45, 2.75) is 12.3 Å². The molecule has 1 rings (SSSR count). The van der Waals surface area contributed by atoms with E-state index in [0.717, 1.165) is 5.56 Å². The molecule has 16 heavy (non-hydrogen) atoms. The van der Waals surface area contributed by atoms with Gasteiger partial charge in [-0.2, -0.15) is 0 Å². The fourth-order valence-electron chi connectivity index (χ4n) is 1.29. The van der Waals surface area contributed by atoms with Gasteiger partial charge in [0.15, 0.2) is 0 Å². The summed E-state index contributed by atoms with van der Waals surface area (Å²) in [6.45, 7) is 2.13. The van der Waals surface area contributed by atoms with Gasteiger partial charge in [0.1, 0.15) is 5.75 Å². The molecule has 3 nitrogen and oxygen atoms in total. The molecule has 5 heteroatoms. The summed E-state index contributed by atoms with van der Waals surface area (Å²) >= 11 is 6.70. The Labute approximate surface area is 111 Å². The van der Waals surface area contributed by atoms with Gasteiger partial charge in [-0.25, -0.2) is 4.79 Å². The van der Waals surface area contributed by atoms with Gasteiger partial charge in [-0.15, -0.1) is 0 Å². The van der Waals surface area contributed by atoms with Crippen molar-refractivity contribution in [2.24, 2.45) is 0 Å². The minimum Gasteiger partial charge on any atom is -0.496 e. The molecule has 0 aliphatic rings. The molecular formula is C11H12Br2O3. The van der Waals surface area contributed by atoms with Crippen LogP contribution in [0.3, 0.4) is 0 Å². The summed E-state index contributed by atoms with van der Waals surface area (Å²) in [5.41, 5.74) is 1.38. The van der Waals surface area contributed by atoms with Crippen molar-refractivity contribution >= 4 is 37.8 Å². The zero-order valence-electron chi connectivity index (χ0n) is 9.05. The fourth-order valence-corrected chi connectivity index (χ4v) is 2.47. The molecule has 0 radical (unpaired) electrons. The van der Waals surface area contributed by atoms with Crippen LogP contribution in [-0.2, 0) is 10.1 Å². The third-order valence-corrected chi connectivity index (χ3v) is 3.43. The molecule has 0 unspecified atom stereocenters. The van der Waals surface area contributed by atoms with Crippen LogP contribution in [-0.4, -0.2) is 19.7 Å². The highest BCUT2D eigenvalue weighted by molar-refractivity contribution is 9.10. The highest BCUT2D eigenvalue weighted by Crippen LogP contribution is 2.32. The molecule has 0 amide bonds. The predicted octanol–water partition coefficient (Wildman–Crippen LogP) is 3.53. The van der Waals surface area contributed by atoms with E-state index in [0.29, 0.717) is 27.7 Å². The first-order valence-corrected chi connectivity index (χ1v) is 6.65. The Bertz CT molecular complexity index is 391. The molecule has 0 aromatic heterocycles. The number of alkyl halides is 1. The summed E-state index contributed by atoms with van der Waals surface area (Å²) < 4.78 is 10.8. The lowest BCUT2D eigenvalue weighted by Crippen LogP contribution is -2.09. The molecule has 0 bridgehead atoms. The zero-order chi connectivity index (χ0) is 12.1. The Morgan fingerprint density at radius 2 is 2.12 bits per heavy atom. The molecule has 0 heterocycles. The first-order chi connectivity index (χ1) is 7.65. The number of hydrogen-bond donors (Lipinski definition) is 0. The summed E-state index contributed by atoms with van der Waals surface area (Å²) in [6.07, 6.45) is 0. The second kappa shape index (κ2) is 6.25. The maximum Gasteiger partial charge on any atom is 0.339 e. The van der Waals surface area contributed by atoms with Crippen LogP contribution >= 0.6 is 31.9 Å². The third-order valence-electron chi connectivity index (χ3n) is 2.04. The van der Waals surface area contributed by atoms with E-state index in [1.165, 1.54) is 0 Å². The number of rotatable bonds is 4. The fraction of sp³-hybridized carbons (Fsp3) is 0.364. The minimum atomic E-state index is -0.345. The van der Waals surface area contributed by atoms with Crippen LogP contribution < -0.4 is 4.74 Å². The number of carbonyl (C=O) groups excluding carboxylic acids is 1. The van der Waals surface area contributed by atoms with E-state index in [1.54, 1.807) is 14.0 Å². The number of benzene rings is 1. The van der Waals surface area contributed by atoms with Crippen LogP contribution in [0.25, 0.3) is 0 Å². The third kappa shape index (κ3) is 2.77. The maximum absolute atomic E-state index is 11.8. The SMILES string of the molecule is CCOC(=O)c1c(CBr)ccc(OC)c1Br. The molecule has 1 aromatic rings. The number of ether oxygens (including phenoxy) is 2. The Balaban J connectivity index is 3.26. The van der Waals surface area contributed by atoms with Crippen molar-refractivity contribution in [1.82, 2.24) is 0 Å². The number of halogens is 2. The van der Waals surface area contributed by atoms with Gasteiger partial charge in [0.2, 0.25) is 0 Å². The van der Waals surface area contributed by atoms with Gasteiger partial charge in [-0.1, -0.05) is 22.0 Å². The van der Waals surface area contributed by atoms with Gasteiger partial charge in [0.05, 0.1) is 23.8 Å². The van der Waals surface area contributed by atoms with Crippen molar-refractivity contribution in [1.29, 1.82) is 0 Å². The van der Waals surface area contributed by atoms with Crippen LogP contribution in [0.4, 0.5) is 0 Å². The van der Waals surface area contributed by atoms with Crippen molar-refractivity contribution < 1.29 is 14.3 Å². The lowest BCUT2D eigenvalue weighted by Gasteiger charge is -2.12. The van der Waals surface area contributed by atoms with Gasteiger partial charge in [-0.3, -0.25) is 0 Å². The van der Waals surface area contributed by atoms with Gasteiger partial charge in [-0.05, 0) is 34.5 Å². The molecule has 88 valence electrons. The average molecular weight is 352 g/mol. The molecule has 0 spiro atoms. The number of carbonyl (C=O) groups is 1. The van der Waals surface area contributed by atoms with E-state index in [-0.39, 0.29) is 5.97 Å². The molecular weight excluding hydrogens is 340 g/mol. The molecule has 0 saturated heterocycles. The van der Waals surface area contributed by atoms with Crippen molar-refractivity contribution in [3.05, 3.63) is 27.7 Å². The molecule has 0 aliphatic heterocycles. The normalized spacial score (nSPS) is 10.0. The Hall–Kier alpha value is -0.550. The van der Waals surface area contributed by atoms with Crippen molar-refractivity contribution in [2.75, 3.05) is 13.7 Å². The van der Waals surface area contributed by atoms with Crippen molar-refractivity contribution in [3.63, 3.8) is 0 Å². The van der Waals surface area contributed by atoms with Crippen LogP contribution in [0.2, 0.25) is 0 Å². The monoisotopic (exact) mass is 350 g/mol. The largest absolute Gasteiger partial charge is 0.496 e. The summed E-state index contributed by atoms with van der Waals surface area (Å²) in [7, 11) is 1.56. The summed E-state index contributed by atoms with van der Waals surface area (Å²) in [6, 6.07) is 3.65. The maximum atomic E-state index is 11.8. The van der Waals surface area contributed by atoms with Gasteiger partial charge in [0, 0.05) is 5.33 Å². The molecule has 0 saturated carbocycles. The quantitative estimate of drug-likeness (QED) is 0.615. The lowest BCUT2D eigenvalue weighted by molar-refractivity contribution is 0.0524. The second-order valence-corrected chi connectivity index (χ2v) is 4.32. The van der Waals surface area contributed by atoms with E-state index in [9.17, 15) is 4.79 Å². The van der Waals surface area contributed by atoms with Crippen LogP contribution in [0.5, 0.6) is 5.75 Å². The standard InChI is InChI=1S/C11H12Br2O3/c1-3-16-11(14)9-7(6-12)4-5-8(15-2)10(9)13/h4-5H,3,6H2,1-2H3. The zero-order valence-corrected chi connectivity index (χ0v) is 12.2. The second-order valence-electron chi connectivity index (χ2n) is 2.97. The first-order valence-electron chi connectivity index (χ1n) is 4.74. The smallest absolute Gasteiger partial charge is 0.339 e. The topological polar surface area (TPSA) is 35.5 Å². The predicted molar refractivity (Wildman–Crippen MR) is 69.3 cm³/mol. The van der Waals surface area contributed by atoms with Crippen LogP contribution in [0, 0.1) is 0 Å². The van der Waals surface area contributed by atoms with E-state index in [1.807, 2.05) is 12.1 Å². The molecule has 0 aliphatic carbocycles. The summed E-state index contributed by atoms with van der Waals surface area (Å²) in [5, 5.41) is 0.587. The van der Waals surface area contributed by atoms with E-state index in [4.69, 9.17) is 9.47 Å². The minimum absolute atomic E-state index is 0.345. The van der Waals surface area contributed by atoms with E-state index < -0.39 is 0 Å². The highest BCUT2D eigenvalue weighted by atomic mass is 79.9. The number of hydrogen-bond acceptors (Lipinski definition) is 3. The molecule has 1 aromatic carbocycles. The summed E-state index contributed by atoms with van der Waals surface area (Å²) in [5.74, 6) is 0.274. The van der Waals surface area contributed by atoms with Gasteiger partial charge >= 0.3 is 5.97 Å². The van der Waals surface area contributed by atoms with Gasteiger partial charge in [0.25, 0.3) is 0 Å². The molecule has 0 atom stereocenters. The molecule has 0 fully saturated rings. The average Bonchev–Trinajstić information content (AvgIpc) is 2.28. The number of esters is 1. The Kier molecular flexibility index (Phi) is 5.28. The Morgan fingerprint density at radius 1 is 1.44 bits per heavy atom. The highest BCUT2D eigenvalue weighted by Gasteiger charge is 2.19. The van der Waals surface area contributed by atoms with E-state index >= 15 is 0 Å². The van der Waals surface area contributed by atoms with Crippen LogP contribution in [0.15, 0.2) is 16.6 Å². The van der Waals surface area contributed by atoms with Crippen molar-refractivity contribution in [3.8, 4) is 5.75 Å². The van der Waals surface area contributed by atoms with Crippen LogP contribution in [0.1, 0.15) is 22.8 Å². The lowest BCUT2D eigenvalue weighted by atomic mass is 10.1. The van der Waals surface area contributed by atoms with Gasteiger partial charge < -0.3 is 9.47 Å². The van der Waals surface area contributed by atoms with E-state index in [2.05, 4.69) is 31.9 Å². The molecule has 0 N–H and O–H groups in total. The Morgan fingerprint density at radius 3 is 2.62 bits per heavy atom. The first kappa shape index (κ1) is 13.5. The summed E-state index contributed by atoms with van der Waals surface area (Å²) in [4.78, 5) is 11.8. The number of methoxy groups -OCH3 is 1.